The summed E-state index contributed by atoms with van der Waals surface area (Å²) in [5, 5.41) is 6.24. The lowest BCUT2D eigenvalue weighted by Gasteiger charge is -2.13. The van der Waals surface area contributed by atoms with Gasteiger partial charge in [0.25, 0.3) is 5.91 Å². The molecule has 2 N–H and O–H groups in total. The van der Waals surface area contributed by atoms with Crippen molar-refractivity contribution >= 4 is 56.5 Å². The summed E-state index contributed by atoms with van der Waals surface area (Å²) in [6.45, 7) is 3.77. The molecule has 0 aliphatic heterocycles. The zero-order valence-corrected chi connectivity index (χ0v) is 16.3. The summed E-state index contributed by atoms with van der Waals surface area (Å²) in [6.07, 6.45) is 0. The van der Waals surface area contributed by atoms with E-state index in [-0.39, 0.29) is 17.6 Å². The van der Waals surface area contributed by atoms with E-state index in [2.05, 4.69) is 26.6 Å². The van der Waals surface area contributed by atoms with Gasteiger partial charge >= 0.3 is 0 Å². The highest BCUT2D eigenvalue weighted by Gasteiger charge is 2.09. The van der Waals surface area contributed by atoms with Crippen molar-refractivity contribution in [1.82, 2.24) is 5.32 Å². The number of benzene rings is 2. The van der Waals surface area contributed by atoms with Crippen LogP contribution in [0.5, 0.6) is 5.75 Å². The third kappa shape index (κ3) is 5.47. The maximum Gasteiger partial charge on any atom is 0.264 e. The fourth-order valence-corrected chi connectivity index (χ4v) is 2.87. The van der Waals surface area contributed by atoms with Crippen LogP contribution in [0.1, 0.15) is 11.1 Å². The smallest absolute Gasteiger partial charge is 0.264 e. The van der Waals surface area contributed by atoms with E-state index in [1.54, 1.807) is 18.2 Å². The van der Waals surface area contributed by atoms with Gasteiger partial charge in [-0.05, 0) is 61.5 Å². The summed E-state index contributed by atoms with van der Waals surface area (Å²) >= 11 is 14.5. The van der Waals surface area contributed by atoms with E-state index >= 15 is 0 Å². The number of carbonyl (C=O) groups excluding carboxylic acids is 1. The average Bonchev–Trinajstić information content (AvgIpc) is 2.50. The number of hydrogen-bond donors (Lipinski definition) is 2. The molecule has 0 fully saturated rings. The Morgan fingerprint density at radius 2 is 2.00 bits per heavy atom. The minimum atomic E-state index is -0.364. The second-order valence-corrected chi connectivity index (χ2v) is 6.92. The topological polar surface area (TPSA) is 50.4 Å². The molecule has 0 atom stereocenters. The number of amides is 1. The van der Waals surface area contributed by atoms with Gasteiger partial charge in [-0.2, -0.15) is 0 Å². The fourth-order valence-electron chi connectivity index (χ4n) is 1.92. The van der Waals surface area contributed by atoms with Gasteiger partial charge in [-0.3, -0.25) is 10.1 Å². The van der Waals surface area contributed by atoms with Crippen LogP contribution in [-0.4, -0.2) is 17.6 Å². The fraction of sp³-hybridized carbons (Fsp3) is 0.176. The number of anilines is 1. The third-order valence-corrected chi connectivity index (χ3v) is 4.14. The van der Waals surface area contributed by atoms with Gasteiger partial charge in [0.15, 0.2) is 11.7 Å². The first kappa shape index (κ1) is 18.7. The highest BCUT2D eigenvalue weighted by atomic mass is 79.9. The van der Waals surface area contributed by atoms with Crippen LogP contribution >= 0.6 is 39.7 Å². The van der Waals surface area contributed by atoms with Gasteiger partial charge in [0, 0.05) is 10.2 Å². The molecule has 24 heavy (non-hydrogen) atoms. The highest BCUT2D eigenvalue weighted by molar-refractivity contribution is 9.10. The minimum Gasteiger partial charge on any atom is -0.482 e. The summed E-state index contributed by atoms with van der Waals surface area (Å²) in [5.74, 6) is 0.0696. The van der Waals surface area contributed by atoms with Gasteiger partial charge < -0.3 is 10.1 Å². The first-order chi connectivity index (χ1) is 11.3. The Kier molecular flexibility index (Phi) is 6.60. The number of ether oxygens (including phenoxy) is 1. The van der Waals surface area contributed by atoms with Crippen LogP contribution in [-0.2, 0) is 4.79 Å². The SMILES string of the molecule is Cc1ccc(C)c(NC(=S)NC(=O)COc2ccc(Br)cc2Cl)c1. The molecule has 2 aromatic carbocycles. The Labute approximate surface area is 159 Å². The summed E-state index contributed by atoms with van der Waals surface area (Å²) in [7, 11) is 0. The molecule has 2 aromatic rings. The molecule has 0 saturated heterocycles. The molecule has 0 aromatic heterocycles. The Bertz CT molecular complexity index is 783. The van der Waals surface area contributed by atoms with Crippen LogP contribution < -0.4 is 15.4 Å². The van der Waals surface area contributed by atoms with Gasteiger partial charge in [0.05, 0.1) is 5.02 Å². The maximum absolute atomic E-state index is 11.9. The van der Waals surface area contributed by atoms with Crippen LogP contribution in [0.2, 0.25) is 5.02 Å². The number of aryl methyl sites for hydroxylation is 2. The lowest BCUT2D eigenvalue weighted by Crippen LogP contribution is -2.37. The Hall–Kier alpha value is -1.63. The van der Waals surface area contributed by atoms with Crippen molar-refractivity contribution in [2.24, 2.45) is 0 Å². The van der Waals surface area contributed by atoms with Crippen molar-refractivity contribution in [3.8, 4) is 5.75 Å². The quantitative estimate of drug-likeness (QED) is 0.700. The summed E-state index contributed by atoms with van der Waals surface area (Å²) in [4.78, 5) is 11.9. The Morgan fingerprint density at radius 3 is 2.71 bits per heavy atom. The Balaban J connectivity index is 1.87. The monoisotopic (exact) mass is 426 g/mol. The largest absolute Gasteiger partial charge is 0.482 e. The number of rotatable bonds is 4. The molecule has 0 saturated carbocycles. The van der Waals surface area contributed by atoms with Crippen LogP contribution in [0.4, 0.5) is 5.69 Å². The lowest BCUT2D eigenvalue weighted by molar-refractivity contribution is -0.121. The summed E-state index contributed by atoms with van der Waals surface area (Å²) in [6, 6.07) is 11.1. The van der Waals surface area contributed by atoms with Crippen molar-refractivity contribution < 1.29 is 9.53 Å². The molecule has 0 bridgehead atoms. The molecule has 4 nitrogen and oxygen atoms in total. The summed E-state index contributed by atoms with van der Waals surface area (Å²) < 4.78 is 6.23. The normalized spacial score (nSPS) is 10.2. The van der Waals surface area contributed by atoms with E-state index in [1.165, 1.54) is 0 Å². The number of nitrogens with one attached hydrogen (secondary N) is 2. The van der Waals surface area contributed by atoms with E-state index in [0.717, 1.165) is 21.3 Å². The molecule has 0 radical (unpaired) electrons. The number of hydrogen-bond acceptors (Lipinski definition) is 3. The molecule has 1 amide bonds. The standard InChI is InChI=1S/C17H16BrClN2O2S/c1-10-3-4-11(2)14(7-10)20-17(24)21-16(22)9-23-15-6-5-12(18)8-13(15)19/h3-8H,9H2,1-2H3,(H2,20,21,22,24). The van der Waals surface area contributed by atoms with Crippen LogP contribution in [0.3, 0.4) is 0 Å². The van der Waals surface area contributed by atoms with E-state index in [1.807, 2.05) is 32.0 Å². The molecule has 2 rings (SSSR count). The lowest BCUT2D eigenvalue weighted by atomic mass is 10.1. The number of halogens is 2. The number of carbonyl (C=O) groups is 1. The van der Waals surface area contributed by atoms with Gasteiger partial charge in [0.1, 0.15) is 5.75 Å². The zero-order valence-electron chi connectivity index (χ0n) is 13.2. The zero-order chi connectivity index (χ0) is 17.7. The molecular formula is C17H16BrClN2O2S. The minimum absolute atomic E-state index is 0.185. The molecule has 0 aliphatic rings. The highest BCUT2D eigenvalue weighted by Crippen LogP contribution is 2.27. The van der Waals surface area contributed by atoms with E-state index in [9.17, 15) is 4.79 Å². The van der Waals surface area contributed by atoms with Crippen LogP contribution in [0.25, 0.3) is 0 Å². The van der Waals surface area contributed by atoms with E-state index < -0.39 is 0 Å². The maximum atomic E-state index is 11.9. The van der Waals surface area contributed by atoms with Crippen molar-refractivity contribution in [3.63, 3.8) is 0 Å². The molecular weight excluding hydrogens is 412 g/mol. The van der Waals surface area contributed by atoms with Crippen molar-refractivity contribution in [1.29, 1.82) is 0 Å². The molecule has 0 unspecified atom stereocenters. The summed E-state index contributed by atoms with van der Waals surface area (Å²) in [5.41, 5.74) is 3.00. The van der Waals surface area contributed by atoms with Gasteiger partial charge in [0.2, 0.25) is 0 Å². The molecule has 7 heteroatoms. The Morgan fingerprint density at radius 1 is 1.25 bits per heavy atom. The molecule has 0 aliphatic carbocycles. The van der Waals surface area contributed by atoms with Crippen molar-refractivity contribution in [2.75, 3.05) is 11.9 Å². The van der Waals surface area contributed by atoms with Crippen LogP contribution in [0, 0.1) is 13.8 Å². The first-order valence-corrected chi connectivity index (χ1v) is 8.69. The molecule has 0 heterocycles. The first-order valence-electron chi connectivity index (χ1n) is 7.11. The predicted molar refractivity (Wildman–Crippen MR) is 105 cm³/mol. The van der Waals surface area contributed by atoms with E-state index in [0.29, 0.717) is 10.8 Å². The van der Waals surface area contributed by atoms with Gasteiger partial charge in [-0.1, -0.05) is 39.7 Å². The molecule has 0 spiro atoms. The third-order valence-electron chi connectivity index (χ3n) is 3.15. The van der Waals surface area contributed by atoms with Crippen LogP contribution in [0.15, 0.2) is 40.9 Å². The number of thiocarbonyl (C=S) groups is 1. The van der Waals surface area contributed by atoms with Gasteiger partial charge in [-0.15, -0.1) is 0 Å². The van der Waals surface area contributed by atoms with E-state index in [4.69, 9.17) is 28.6 Å². The van der Waals surface area contributed by atoms with Gasteiger partial charge in [-0.25, -0.2) is 0 Å². The second kappa shape index (κ2) is 8.46. The predicted octanol–water partition coefficient (Wildman–Crippen LogP) is 4.61. The second-order valence-electron chi connectivity index (χ2n) is 5.18. The average molecular weight is 428 g/mol. The van der Waals surface area contributed by atoms with Crippen molar-refractivity contribution in [2.45, 2.75) is 13.8 Å². The van der Waals surface area contributed by atoms with Crippen molar-refractivity contribution in [3.05, 3.63) is 57.0 Å². The molecule has 126 valence electrons.